The van der Waals surface area contributed by atoms with Gasteiger partial charge in [0, 0.05) is 9.75 Å². The van der Waals surface area contributed by atoms with E-state index in [1.807, 2.05) is 22.7 Å². The summed E-state index contributed by atoms with van der Waals surface area (Å²) in [5.74, 6) is 0. The van der Waals surface area contributed by atoms with E-state index in [9.17, 15) is 0 Å². The molecule has 0 bridgehead atoms. The summed E-state index contributed by atoms with van der Waals surface area (Å²) >= 11 is 3.97. The van der Waals surface area contributed by atoms with Gasteiger partial charge in [0.25, 0.3) is 0 Å². The average molecular weight is 619 g/mol. The first-order chi connectivity index (χ1) is 20.0. The summed E-state index contributed by atoms with van der Waals surface area (Å²) in [5, 5.41) is 14.6. The molecule has 214 valence electrons. The van der Waals surface area contributed by atoms with Gasteiger partial charge >= 0.3 is 0 Å². The summed E-state index contributed by atoms with van der Waals surface area (Å²) in [5.41, 5.74) is 3.71. The van der Waals surface area contributed by atoms with Gasteiger partial charge in [-0.1, -0.05) is 126 Å². The Morgan fingerprint density at radius 2 is 0.881 bits per heavy atom. The lowest BCUT2D eigenvalue weighted by Crippen LogP contribution is -2.66. The first-order valence-corrected chi connectivity index (χ1v) is 21.7. The number of hydrogen-bond acceptors (Lipinski definition) is 2. The molecule has 0 nitrogen and oxygen atoms in total. The van der Waals surface area contributed by atoms with Gasteiger partial charge < -0.3 is 0 Å². The van der Waals surface area contributed by atoms with Crippen LogP contribution >= 0.6 is 22.7 Å². The molecule has 0 radical (unpaired) electrons. The highest BCUT2D eigenvalue weighted by atomic mass is 32.1. The molecule has 0 N–H and O–H groups in total. The average Bonchev–Trinajstić information content (AvgIpc) is 3.72. The molecule has 3 aromatic carbocycles. The number of fused-ring (bicyclic) bond motifs is 6. The van der Waals surface area contributed by atoms with Crippen LogP contribution in [0.3, 0.4) is 0 Å². The molecule has 2 atom stereocenters. The van der Waals surface area contributed by atoms with Crippen molar-refractivity contribution in [2.24, 2.45) is 10.8 Å². The fraction of sp³-hybridized carbons (Fsp3) is 0.316. The highest BCUT2D eigenvalue weighted by Gasteiger charge is 2.53. The maximum absolute atomic E-state index is 2.74. The van der Waals surface area contributed by atoms with Crippen LogP contribution < -0.4 is 31.1 Å². The molecule has 42 heavy (non-hydrogen) atoms. The molecule has 0 saturated heterocycles. The standard InChI is InChI=1S/C38H42S2Si2/c1-37(2,3)19-23-41(27-13-9-7-10-14-27)31-17-21-39-35(31)29-26-34-30(25-33(29)41)36-32(18-22-40-36)42(34,24-20-38(4,5)6)28-15-11-8-12-16-28/h7-18,21-22,25-26H,19-20,23-24H2,1-6H3/t41-,42-/m0/s1. The predicted octanol–water partition coefficient (Wildman–Crippen LogP) is 7.58. The van der Waals surface area contributed by atoms with Crippen LogP contribution in [0.2, 0.25) is 12.1 Å². The van der Waals surface area contributed by atoms with Crippen molar-refractivity contribution >= 4 is 69.9 Å². The fourth-order valence-electron chi connectivity index (χ4n) is 7.70. The molecule has 0 saturated carbocycles. The van der Waals surface area contributed by atoms with Crippen molar-refractivity contribution in [2.75, 3.05) is 0 Å². The summed E-state index contributed by atoms with van der Waals surface area (Å²) in [6.07, 6.45) is 2.47. The molecule has 0 amide bonds. The molecular weight excluding hydrogens is 577 g/mol. The van der Waals surface area contributed by atoms with E-state index in [0.717, 1.165) is 0 Å². The minimum absolute atomic E-state index is 0.299. The molecule has 0 unspecified atom stereocenters. The summed E-state index contributed by atoms with van der Waals surface area (Å²) in [6.45, 7) is 14.5. The lowest BCUT2D eigenvalue weighted by molar-refractivity contribution is 0.396. The van der Waals surface area contributed by atoms with Gasteiger partial charge in [-0.2, -0.15) is 0 Å². The predicted molar refractivity (Wildman–Crippen MR) is 193 cm³/mol. The van der Waals surface area contributed by atoms with Gasteiger partial charge in [0.05, 0.1) is 0 Å². The molecule has 7 rings (SSSR count). The molecule has 4 heterocycles. The van der Waals surface area contributed by atoms with Gasteiger partial charge in [-0.3, -0.25) is 0 Å². The molecular formula is C38H42S2Si2. The quantitative estimate of drug-likeness (QED) is 0.172. The summed E-state index contributed by atoms with van der Waals surface area (Å²) in [7, 11) is -4.39. The normalized spacial score (nSPS) is 20.7. The van der Waals surface area contributed by atoms with Crippen LogP contribution in [-0.2, 0) is 0 Å². The Morgan fingerprint density at radius 1 is 0.500 bits per heavy atom. The first-order valence-electron chi connectivity index (χ1n) is 15.5. The van der Waals surface area contributed by atoms with E-state index < -0.39 is 16.1 Å². The lowest BCUT2D eigenvalue weighted by Gasteiger charge is -2.34. The second kappa shape index (κ2) is 10.0. The number of thiophene rings is 2. The molecule has 0 spiro atoms. The van der Waals surface area contributed by atoms with Crippen molar-refractivity contribution in [3.05, 3.63) is 95.7 Å². The van der Waals surface area contributed by atoms with Crippen LogP contribution in [0.4, 0.5) is 0 Å². The van der Waals surface area contributed by atoms with Crippen LogP contribution in [0.15, 0.2) is 95.7 Å². The Morgan fingerprint density at radius 3 is 1.24 bits per heavy atom. The third-order valence-corrected chi connectivity index (χ3v) is 22.1. The molecule has 2 aliphatic rings. The van der Waals surface area contributed by atoms with Crippen molar-refractivity contribution in [3.8, 4) is 20.9 Å². The number of benzene rings is 3. The zero-order chi connectivity index (χ0) is 29.3. The van der Waals surface area contributed by atoms with Crippen molar-refractivity contribution < 1.29 is 0 Å². The minimum atomic E-state index is -2.19. The van der Waals surface area contributed by atoms with Crippen LogP contribution in [-0.4, -0.2) is 16.1 Å². The molecule has 0 fully saturated rings. The van der Waals surface area contributed by atoms with Crippen molar-refractivity contribution in [3.63, 3.8) is 0 Å². The molecule has 2 aromatic heterocycles. The zero-order valence-electron chi connectivity index (χ0n) is 25.9. The van der Waals surface area contributed by atoms with Crippen LogP contribution in [0.5, 0.6) is 0 Å². The van der Waals surface area contributed by atoms with Crippen molar-refractivity contribution in [1.82, 2.24) is 0 Å². The summed E-state index contributed by atoms with van der Waals surface area (Å²) in [4.78, 5) is 3.11. The Bertz CT molecular complexity index is 1620. The van der Waals surface area contributed by atoms with Crippen molar-refractivity contribution in [1.29, 1.82) is 0 Å². The van der Waals surface area contributed by atoms with Gasteiger partial charge in [0.15, 0.2) is 16.1 Å². The van der Waals surface area contributed by atoms with E-state index >= 15 is 0 Å². The number of rotatable bonds is 6. The van der Waals surface area contributed by atoms with Gasteiger partial charge in [-0.05, 0) is 88.8 Å². The largest absolute Gasteiger partial charge is 0.151 e. The number of hydrogen-bond donors (Lipinski definition) is 0. The van der Waals surface area contributed by atoms with Gasteiger partial charge in [0.2, 0.25) is 0 Å². The third kappa shape index (κ3) is 4.32. The zero-order valence-corrected chi connectivity index (χ0v) is 29.5. The smallest absolute Gasteiger partial charge is 0.144 e. The van der Waals surface area contributed by atoms with E-state index in [1.54, 1.807) is 52.0 Å². The van der Waals surface area contributed by atoms with E-state index in [1.165, 1.54) is 24.9 Å². The van der Waals surface area contributed by atoms with Gasteiger partial charge in [-0.25, -0.2) is 0 Å². The Hall–Kier alpha value is -2.51. The second-order valence-corrected chi connectivity index (χ2v) is 24.7. The first kappa shape index (κ1) is 28.3. The minimum Gasteiger partial charge on any atom is -0.144 e. The van der Waals surface area contributed by atoms with E-state index in [-0.39, 0.29) is 0 Å². The highest BCUT2D eigenvalue weighted by Crippen LogP contribution is 2.42. The van der Waals surface area contributed by atoms with Gasteiger partial charge in [-0.15, -0.1) is 22.7 Å². The van der Waals surface area contributed by atoms with Crippen LogP contribution in [0.1, 0.15) is 54.4 Å². The Labute approximate surface area is 262 Å². The SMILES string of the molecule is CC(C)(C)CC[Si@@]1(c2ccccc2)c2cc3c(cc2-c2sccc21)[Si@@](CCC(C)(C)C)(c1ccccc1)c1ccsc1-3. The summed E-state index contributed by atoms with van der Waals surface area (Å²) < 4.78 is 0. The van der Waals surface area contributed by atoms with Gasteiger partial charge in [0.1, 0.15) is 0 Å². The topological polar surface area (TPSA) is 0 Å². The highest BCUT2D eigenvalue weighted by molar-refractivity contribution is 7.25. The van der Waals surface area contributed by atoms with Crippen molar-refractivity contribution in [2.45, 2.75) is 66.5 Å². The van der Waals surface area contributed by atoms with E-state index in [4.69, 9.17) is 0 Å². The maximum atomic E-state index is 2.74. The monoisotopic (exact) mass is 618 g/mol. The Kier molecular flexibility index (Phi) is 6.74. The summed E-state index contributed by atoms with van der Waals surface area (Å²) in [6, 6.07) is 36.3. The molecule has 4 heteroatoms. The fourth-order valence-corrected chi connectivity index (χ4v) is 22.3. The maximum Gasteiger partial charge on any atom is 0.151 e. The third-order valence-electron chi connectivity index (χ3n) is 9.85. The molecule has 5 aromatic rings. The van der Waals surface area contributed by atoms with Crippen LogP contribution in [0, 0.1) is 10.8 Å². The van der Waals surface area contributed by atoms with E-state index in [0.29, 0.717) is 10.8 Å². The van der Waals surface area contributed by atoms with Crippen LogP contribution in [0.25, 0.3) is 20.9 Å². The second-order valence-electron chi connectivity index (χ2n) is 14.9. The van der Waals surface area contributed by atoms with E-state index in [2.05, 4.69) is 137 Å². The molecule has 0 aliphatic carbocycles. The Balaban J connectivity index is 1.53. The molecule has 2 aliphatic heterocycles. The lowest BCUT2D eigenvalue weighted by atomic mass is 9.94.